The highest BCUT2D eigenvalue weighted by atomic mass is 19.1. The molecule has 0 radical (unpaired) electrons. The zero-order chi connectivity index (χ0) is 24.2. The van der Waals surface area contributed by atoms with Crippen molar-refractivity contribution in [3.8, 4) is 0 Å². The number of halogens is 1. The molecular weight excluding hydrogens is 443 g/mol. The molecule has 0 aromatic carbocycles. The molecule has 6 nitrogen and oxygen atoms in total. The van der Waals surface area contributed by atoms with E-state index in [9.17, 15) is 9.18 Å². The van der Waals surface area contributed by atoms with Crippen molar-refractivity contribution in [3.63, 3.8) is 0 Å². The third kappa shape index (κ3) is 5.34. The number of amides is 1. The number of allylic oxidation sites excluding steroid dienone is 5. The van der Waals surface area contributed by atoms with E-state index in [1.165, 1.54) is 5.56 Å². The summed E-state index contributed by atoms with van der Waals surface area (Å²) in [7, 11) is 0. The number of fused-ring (bicyclic) bond motifs is 2. The van der Waals surface area contributed by atoms with Crippen LogP contribution in [0.3, 0.4) is 0 Å². The molecule has 0 aliphatic heterocycles. The average molecular weight is 475 g/mol. The molecule has 5 rings (SSSR count). The lowest BCUT2D eigenvalue weighted by atomic mass is 9.63. The molecule has 1 N–H and O–H groups in total. The van der Waals surface area contributed by atoms with Gasteiger partial charge in [-0.3, -0.25) is 4.98 Å². The molecule has 0 spiro atoms. The van der Waals surface area contributed by atoms with Crippen LogP contribution < -0.4 is 5.32 Å². The lowest BCUT2D eigenvalue weighted by molar-refractivity contribution is 0.128. The SMILES string of the molecule is CCOC(=O)N[C@@H]1CC[C@@H]2[C@H](Cc3nnccc3[C@H]2/C=C/c2ccc(C3=CC=CC(F)C3)cn2)C1. The third-order valence-electron chi connectivity index (χ3n) is 7.41. The van der Waals surface area contributed by atoms with Crippen LogP contribution in [-0.2, 0) is 11.2 Å². The van der Waals surface area contributed by atoms with E-state index in [1.807, 2.05) is 31.3 Å². The number of nitrogens with one attached hydrogen (secondary N) is 1. The number of nitrogens with zero attached hydrogens (tertiary/aromatic N) is 3. The van der Waals surface area contributed by atoms with Crippen molar-refractivity contribution < 1.29 is 13.9 Å². The second-order valence-electron chi connectivity index (χ2n) is 9.59. The van der Waals surface area contributed by atoms with Gasteiger partial charge in [-0.1, -0.05) is 30.4 Å². The van der Waals surface area contributed by atoms with Crippen molar-refractivity contribution >= 4 is 17.7 Å². The fraction of sp³-hybridized carbons (Fsp3) is 0.429. The second kappa shape index (κ2) is 10.5. The summed E-state index contributed by atoms with van der Waals surface area (Å²) in [5, 5.41) is 11.6. The van der Waals surface area contributed by atoms with Crippen LogP contribution in [0.25, 0.3) is 11.6 Å². The van der Waals surface area contributed by atoms with Crippen LogP contribution >= 0.6 is 0 Å². The summed E-state index contributed by atoms with van der Waals surface area (Å²) in [6.07, 6.45) is 16.1. The van der Waals surface area contributed by atoms with E-state index in [0.29, 0.717) is 24.9 Å². The first-order chi connectivity index (χ1) is 17.1. The first-order valence-electron chi connectivity index (χ1n) is 12.5. The fourth-order valence-corrected chi connectivity index (χ4v) is 5.77. The molecule has 2 heterocycles. The Bertz CT molecular complexity index is 1140. The van der Waals surface area contributed by atoms with Crippen LogP contribution in [0.15, 0.2) is 54.9 Å². The maximum absolute atomic E-state index is 13.7. The van der Waals surface area contributed by atoms with E-state index in [2.05, 4.69) is 38.7 Å². The van der Waals surface area contributed by atoms with Crippen molar-refractivity contribution in [1.29, 1.82) is 0 Å². The molecule has 0 bridgehead atoms. The smallest absolute Gasteiger partial charge is 0.407 e. The van der Waals surface area contributed by atoms with Crippen LogP contribution in [0.2, 0.25) is 0 Å². The third-order valence-corrected chi connectivity index (χ3v) is 7.41. The maximum atomic E-state index is 13.7. The molecule has 3 aliphatic rings. The molecule has 0 saturated heterocycles. The molecule has 1 fully saturated rings. The summed E-state index contributed by atoms with van der Waals surface area (Å²) in [6, 6.07) is 6.22. The second-order valence-corrected chi connectivity index (χ2v) is 9.59. The van der Waals surface area contributed by atoms with Crippen molar-refractivity contribution in [2.45, 2.75) is 57.2 Å². The van der Waals surface area contributed by atoms with Gasteiger partial charge in [0.2, 0.25) is 0 Å². The van der Waals surface area contributed by atoms with Crippen molar-refractivity contribution in [2.24, 2.45) is 11.8 Å². The number of hydrogen-bond donors (Lipinski definition) is 1. The first-order valence-corrected chi connectivity index (χ1v) is 12.5. The summed E-state index contributed by atoms with van der Waals surface area (Å²) in [4.78, 5) is 16.6. The van der Waals surface area contributed by atoms with Crippen molar-refractivity contribution in [3.05, 3.63) is 77.4 Å². The minimum atomic E-state index is -0.931. The van der Waals surface area contributed by atoms with Crippen LogP contribution in [0, 0.1) is 11.8 Å². The van der Waals surface area contributed by atoms with Gasteiger partial charge in [0.25, 0.3) is 0 Å². The van der Waals surface area contributed by atoms with Gasteiger partial charge in [-0.05, 0) is 79.4 Å². The van der Waals surface area contributed by atoms with Crippen molar-refractivity contribution in [2.75, 3.05) is 6.61 Å². The minimum absolute atomic E-state index is 0.125. The number of aromatic nitrogens is 3. The normalized spacial score (nSPS) is 27.6. The number of alkyl halides is 1. The Kier molecular flexibility index (Phi) is 7.02. The monoisotopic (exact) mass is 474 g/mol. The number of alkyl carbamates (subject to hydrolysis) is 1. The van der Waals surface area contributed by atoms with Crippen LogP contribution in [-0.4, -0.2) is 40.1 Å². The molecular formula is C28H31FN4O2. The number of pyridine rings is 1. The van der Waals surface area contributed by atoms with Gasteiger partial charge in [-0.25, -0.2) is 9.18 Å². The van der Waals surface area contributed by atoms with Crippen LogP contribution in [0.4, 0.5) is 9.18 Å². The van der Waals surface area contributed by atoms with E-state index in [-0.39, 0.29) is 18.1 Å². The molecule has 2 aromatic heterocycles. The quantitative estimate of drug-likeness (QED) is 0.625. The highest BCUT2D eigenvalue weighted by Gasteiger charge is 2.40. The average Bonchev–Trinajstić information content (AvgIpc) is 2.87. The van der Waals surface area contributed by atoms with Gasteiger partial charge < -0.3 is 10.1 Å². The Balaban J connectivity index is 1.32. The van der Waals surface area contributed by atoms with E-state index in [1.54, 1.807) is 18.3 Å². The molecule has 7 heteroatoms. The predicted octanol–water partition coefficient (Wildman–Crippen LogP) is 5.44. The summed E-state index contributed by atoms with van der Waals surface area (Å²) >= 11 is 0. The number of carbonyl (C=O) groups is 1. The lowest BCUT2D eigenvalue weighted by Crippen LogP contribution is -2.44. The molecule has 2 aromatic rings. The first kappa shape index (κ1) is 23.4. The summed E-state index contributed by atoms with van der Waals surface area (Å²) in [6.45, 7) is 2.19. The molecule has 1 unspecified atom stereocenters. The summed E-state index contributed by atoms with van der Waals surface area (Å²) < 4.78 is 18.8. The van der Waals surface area contributed by atoms with E-state index in [4.69, 9.17) is 4.74 Å². The molecule has 1 amide bonds. The Morgan fingerprint density at radius 1 is 1.26 bits per heavy atom. The van der Waals surface area contributed by atoms with Gasteiger partial charge in [0.15, 0.2) is 0 Å². The standard InChI is InChI=1S/C28H31FN4O2/c1-2-35-28(34)32-23-9-10-24-20(15-23)16-27-26(12-13-31-33-27)25(24)11-8-22-7-6-19(17-30-22)18-4-3-5-21(29)14-18/h3-8,11-13,17,20-21,23-25H,2,9-10,14-16H2,1H3,(H,32,34)/b11-8+/t20-,21?,23+,24+,25-/m0/s1. The molecule has 35 heavy (non-hydrogen) atoms. The molecule has 1 saturated carbocycles. The maximum Gasteiger partial charge on any atom is 0.407 e. The largest absolute Gasteiger partial charge is 0.450 e. The number of hydrogen-bond acceptors (Lipinski definition) is 5. The van der Waals surface area contributed by atoms with Gasteiger partial charge in [-0.2, -0.15) is 10.2 Å². The van der Waals surface area contributed by atoms with E-state index < -0.39 is 6.17 Å². The molecule has 5 atom stereocenters. The number of carbonyl (C=O) groups excluding carboxylic acids is 1. The molecule has 182 valence electrons. The zero-order valence-electron chi connectivity index (χ0n) is 19.9. The minimum Gasteiger partial charge on any atom is -0.450 e. The van der Waals surface area contributed by atoms with Gasteiger partial charge in [0.05, 0.1) is 18.0 Å². The summed E-state index contributed by atoms with van der Waals surface area (Å²) in [5.41, 5.74) is 5.08. The number of ether oxygens (including phenoxy) is 1. The lowest BCUT2D eigenvalue weighted by Gasteiger charge is -2.43. The topological polar surface area (TPSA) is 77.0 Å². The van der Waals surface area contributed by atoms with Gasteiger partial charge in [-0.15, -0.1) is 0 Å². The van der Waals surface area contributed by atoms with Gasteiger partial charge in [0, 0.05) is 30.8 Å². The van der Waals surface area contributed by atoms with E-state index >= 15 is 0 Å². The summed E-state index contributed by atoms with van der Waals surface area (Å²) in [5.74, 6) is 1.12. The van der Waals surface area contributed by atoms with Gasteiger partial charge in [0.1, 0.15) is 6.17 Å². The van der Waals surface area contributed by atoms with Gasteiger partial charge >= 0.3 is 6.09 Å². The highest BCUT2D eigenvalue weighted by Crippen LogP contribution is 2.47. The predicted molar refractivity (Wildman–Crippen MR) is 133 cm³/mol. The van der Waals surface area contributed by atoms with Crippen LogP contribution in [0.1, 0.15) is 61.0 Å². The van der Waals surface area contributed by atoms with E-state index in [0.717, 1.165) is 48.2 Å². The van der Waals surface area contributed by atoms with Crippen molar-refractivity contribution in [1.82, 2.24) is 20.5 Å². The molecule has 3 aliphatic carbocycles. The Labute approximate surface area is 205 Å². The fourth-order valence-electron chi connectivity index (χ4n) is 5.77. The Hall–Kier alpha value is -3.35. The number of rotatable bonds is 5. The van der Waals surface area contributed by atoms with Crippen LogP contribution in [0.5, 0.6) is 0 Å². The highest BCUT2D eigenvalue weighted by molar-refractivity contribution is 5.69. The Morgan fingerprint density at radius 3 is 2.97 bits per heavy atom. The zero-order valence-corrected chi connectivity index (χ0v) is 19.9. The Morgan fingerprint density at radius 2 is 2.17 bits per heavy atom.